The molecule has 6 heteroatoms. The zero-order valence-corrected chi connectivity index (χ0v) is 9.54. The molecule has 0 fully saturated rings. The molecule has 0 aliphatic carbocycles. The van der Waals surface area contributed by atoms with Gasteiger partial charge in [0.2, 0.25) is 5.91 Å². The summed E-state index contributed by atoms with van der Waals surface area (Å²) in [5.74, 6) is -0.187. The third kappa shape index (κ3) is 3.49. The number of nitrogens with one attached hydrogen (secondary N) is 1. The molecule has 0 radical (unpaired) electrons. The van der Waals surface area contributed by atoms with E-state index in [4.69, 9.17) is 5.73 Å². The number of hydrogen-bond acceptors (Lipinski definition) is 5. The molecule has 15 heavy (non-hydrogen) atoms. The number of nitrogens with zero attached hydrogens (tertiary/aromatic N) is 2. The van der Waals surface area contributed by atoms with Crippen molar-refractivity contribution in [3.05, 3.63) is 18.1 Å². The summed E-state index contributed by atoms with van der Waals surface area (Å²) < 4.78 is 0. The molecule has 0 spiro atoms. The van der Waals surface area contributed by atoms with E-state index in [0.717, 1.165) is 10.7 Å². The van der Waals surface area contributed by atoms with Crippen molar-refractivity contribution in [2.45, 2.75) is 24.5 Å². The molecule has 0 aliphatic heterocycles. The molecule has 1 unspecified atom stereocenters. The van der Waals surface area contributed by atoms with E-state index in [1.165, 1.54) is 11.8 Å². The fourth-order valence-corrected chi connectivity index (χ4v) is 1.50. The van der Waals surface area contributed by atoms with Gasteiger partial charge in [0.25, 0.3) is 0 Å². The molecule has 0 saturated carbocycles. The molecular formula is C9H14N4OS. The van der Waals surface area contributed by atoms with E-state index in [-0.39, 0.29) is 5.91 Å². The summed E-state index contributed by atoms with van der Waals surface area (Å²) in [7, 11) is 0. The van der Waals surface area contributed by atoms with Gasteiger partial charge in [-0.15, -0.1) is 11.8 Å². The minimum Gasteiger partial charge on any atom is -0.349 e. The number of hydrogen-bond donors (Lipinski definition) is 2. The Labute approximate surface area is 92.9 Å². The van der Waals surface area contributed by atoms with Crippen molar-refractivity contribution in [1.82, 2.24) is 15.3 Å². The highest BCUT2D eigenvalue weighted by molar-refractivity contribution is 7.98. The molecule has 0 bridgehead atoms. The van der Waals surface area contributed by atoms with E-state index in [1.54, 1.807) is 19.3 Å². The fraction of sp³-hybridized carbons (Fsp3) is 0.444. The van der Waals surface area contributed by atoms with Crippen LogP contribution in [0.15, 0.2) is 17.4 Å². The van der Waals surface area contributed by atoms with E-state index >= 15 is 0 Å². The van der Waals surface area contributed by atoms with Gasteiger partial charge >= 0.3 is 0 Å². The van der Waals surface area contributed by atoms with Gasteiger partial charge in [0.15, 0.2) is 0 Å². The first-order chi connectivity index (χ1) is 7.15. The number of thioether (sulfide) groups is 1. The second kappa shape index (κ2) is 5.67. The van der Waals surface area contributed by atoms with Crippen molar-refractivity contribution in [3.8, 4) is 0 Å². The van der Waals surface area contributed by atoms with Crippen molar-refractivity contribution >= 4 is 17.7 Å². The molecule has 1 amide bonds. The maximum absolute atomic E-state index is 11.2. The Kier molecular flexibility index (Phi) is 4.51. The lowest BCUT2D eigenvalue weighted by Gasteiger charge is -2.08. The Hall–Kier alpha value is -1.14. The number of carbonyl (C=O) groups excluding carboxylic acids is 1. The quantitative estimate of drug-likeness (QED) is 0.715. The van der Waals surface area contributed by atoms with E-state index in [9.17, 15) is 4.79 Å². The zero-order chi connectivity index (χ0) is 11.3. The SMILES string of the molecule is CSc1nccnc1CNC(=O)C(C)N. The lowest BCUT2D eigenvalue weighted by molar-refractivity contribution is -0.122. The smallest absolute Gasteiger partial charge is 0.236 e. The van der Waals surface area contributed by atoms with Crippen LogP contribution in [-0.2, 0) is 11.3 Å². The molecule has 5 nitrogen and oxygen atoms in total. The minimum atomic E-state index is -0.501. The van der Waals surface area contributed by atoms with Gasteiger partial charge in [0.1, 0.15) is 5.03 Å². The predicted molar refractivity (Wildman–Crippen MR) is 59.3 cm³/mol. The van der Waals surface area contributed by atoms with Gasteiger partial charge in [-0.05, 0) is 13.2 Å². The van der Waals surface area contributed by atoms with Gasteiger partial charge in [-0.1, -0.05) is 0 Å². The second-order valence-corrected chi connectivity index (χ2v) is 3.81. The number of aromatic nitrogens is 2. The van der Waals surface area contributed by atoms with Crippen LogP contribution in [0, 0.1) is 0 Å². The molecule has 82 valence electrons. The van der Waals surface area contributed by atoms with Gasteiger partial charge in [-0.2, -0.15) is 0 Å². The van der Waals surface area contributed by atoms with Crippen molar-refractivity contribution in [1.29, 1.82) is 0 Å². The Morgan fingerprint density at radius 1 is 1.60 bits per heavy atom. The molecule has 3 N–H and O–H groups in total. The van der Waals surface area contributed by atoms with Gasteiger partial charge in [0.05, 0.1) is 18.3 Å². The van der Waals surface area contributed by atoms with Crippen molar-refractivity contribution in [2.75, 3.05) is 6.26 Å². The number of carbonyl (C=O) groups is 1. The highest BCUT2D eigenvalue weighted by Gasteiger charge is 2.09. The summed E-state index contributed by atoms with van der Waals surface area (Å²) in [6.07, 6.45) is 5.15. The molecule has 0 aromatic carbocycles. The average Bonchev–Trinajstić information content (AvgIpc) is 2.26. The van der Waals surface area contributed by atoms with Gasteiger partial charge in [-0.25, -0.2) is 4.98 Å². The maximum Gasteiger partial charge on any atom is 0.236 e. The van der Waals surface area contributed by atoms with Crippen LogP contribution in [0.2, 0.25) is 0 Å². The summed E-state index contributed by atoms with van der Waals surface area (Å²) in [6, 6.07) is -0.501. The predicted octanol–water partition coefficient (Wildman–Crippen LogP) is 0.162. The van der Waals surface area contributed by atoms with Crippen LogP contribution < -0.4 is 11.1 Å². The maximum atomic E-state index is 11.2. The van der Waals surface area contributed by atoms with E-state index in [1.807, 2.05) is 6.26 Å². The lowest BCUT2D eigenvalue weighted by atomic mass is 10.3. The van der Waals surface area contributed by atoms with Gasteiger partial charge < -0.3 is 11.1 Å². The largest absolute Gasteiger partial charge is 0.349 e. The van der Waals surface area contributed by atoms with Crippen molar-refractivity contribution in [2.24, 2.45) is 5.73 Å². The van der Waals surface area contributed by atoms with Crippen LogP contribution in [-0.4, -0.2) is 28.2 Å². The van der Waals surface area contributed by atoms with Gasteiger partial charge in [-0.3, -0.25) is 9.78 Å². The van der Waals surface area contributed by atoms with E-state index < -0.39 is 6.04 Å². The topological polar surface area (TPSA) is 80.9 Å². The normalized spacial score (nSPS) is 12.2. The Morgan fingerprint density at radius 3 is 2.87 bits per heavy atom. The lowest BCUT2D eigenvalue weighted by Crippen LogP contribution is -2.38. The third-order valence-corrected chi connectivity index (χ3v) is 2.50. The molecule has 1 heterocycles. The second-order valence-electron chi connectivity index (χ2n) is 3.02. The van der Waals surface area contributed by atoms with Crippen LogP contribution in [0.4, 0.5) is 0 Å². The Bertz CT molecular complexity index is 343. The summed E-state index contributed by atoms with van der Waals surface area (Å²) in [5.41, 5.74) is 6.18. The first-order valence-corrected chi connectivity index (χ1v) is 5.74. The number of rotatable bonds is 4. The molecule has 1 aromatic rings. The van der Waals surface area contributed by atoms with E-state index in [0.29, 0.717) is 6.54 Å². The first-order valence-electron chi connectivity index (χ1n) is 4.52. The molecule has 0 aliphatic rings. The van der Waals surface area contributed by atoms with Crippen LogP contribution in [0.1, 0.15) is 12.6 Å². The van der Waals surface area contributed by atoms with Gasteiger partial charge in [0, 0.05) is 12.4 Å². The summed E-state index contributed by atoms with van der Waals surface area (Å²) >= 11 is 1.50. The molecule has 1 aromatic heterocycles. The molecule has 0 saturated heterocycles. The monoisotopic (exact) mass is 226 g/mol. The van der Waals surface area contributed by atoms with Crippen molar-refractivity contribution in [3.63, 3.8) is 0 Å². The summed E-state index contributed by atoms with van der Waals surface area (Å²) in [6.45, 7) is 2.01. The average molecular weight is 226 g/mol. The fourth-order valence-electron chi connectivity index (χ4n) is 0.978. The number of nitrogens with two attached hydrogens (primary N) is 1. The Balaban J connectivity index is 2.61. The zero-order valence-electron chi connectivity index (χ0n) is 8.73. The van der Waals surface area contributed by atoms with E-state index in [2.05, 4.69) is 15.3 Å². The van der Waals surface area contributed by atoms with Crippen LogP contribution in [0.3, 0.4) is 0 Å². The Morgan fingerprint density at radius 2 is 2.27 bits per heavy atom. The molecule has 1 rings (SSSR count). The number of amides is 1. The summed E-state index contributed by atoms with van der Waals surface area (Å²) in [5, 5.41) is 3.52. The minimum absolute atomic E-state index is 0.187. The molecule has 1 atom stereocenters. The standard InChI is InChI=1S/C9H14N4OS/c1-6(10)8(14)13-5-7-9(15-2)12-4-3-11-7/h3-4,6H,5,10H2,1-2H3,(H,13,14). The third-order valence-electron chi connectivity index (χ3n) is 1.77. The van der Waals surface area contributed by atoms with Crippen LogP contribution >= 0.6 is 11.8 Å². The summed E-state index contributed by atoms with van der Waals surface area (Å²) in [4.78, 5) is 19.5. The van der Waals surface area contributed by atoms with Crippen LogP contribution in [0.5, 0.6) is 0 Å². The first kappa shape index (κ1) is 11.9. The molecular weight excluding hydrogens is 212 g/mol. The highest BCUT2D eigenvalue weighted by atomic mass is 32.2. The van der Waals surface area contributed by atoms with Crippen LogP contribution in [0.25, 0.3) is 0 Å². The highest BCUT2D eigenvalue weighted by Crippen LogP contribution is 2.13. The van der Waals surface area contributed by atoms with Crippen molar-refractivity contribution < 1.29 is 4.79 Å².